The summed E-state index contributed by atoms with van der Waals surface area (Å²) in [7, 11) is 0. The van der Waals surface area contributed by atoms with E-state index in [-0.39, 0.29) is 5.82 Å². The van der Waals surface area contributed by atoms with E-state index in [1.54, 1.807) is 23.5 Å². The molecule has 0 spiro atoms. The Balaban J connectivity index is 1.46. The van der Waals surface area contributed by atoms with Gasteiger partial charge in [-0.25, -0.2) is 4.39 Å². The van der Waals surface area contributed by atoms with E-state index in [2.05, 4.69) is 9.95 Å². The summed E-state index contributed by atoms with van der Waals surface area (Å²) >= 11 is 7.65. The summed E-state index contributed by atoms with van der Waals surface area (Å²) in [4.78, 5) is 0.804. The second kappa shape index (κ2) is 7.72. The van der Waals surface area contributed by atoms with Crippen LogP contribution in [-0.2, 0) is 0 Å². The number of hydrogen-bond acceptors (Lipinski definition) is 3. The van der Waals surface area contributed by atoms with Gasteiger partial charge in [0.1, 0.15) is 5.82 Å². The standard InChI is InChI=1S/C25H23ClFN3S/c26-20-3-1-17(2-4-20)23-14-31-25(30(23)22-7-5-21(27)6-8-22)29-28-24-18-10-15-9-16(12-18)13-19(24)11-15/h1-8,14-16,18-19H,9-13H2/b28-24?,29-25+. The van der Waals surface area contributed by atoms with Gasteiger partial charge in [-0.3, -0.25) is 4.57 Å². The van der Waals surface area contributed by atoms with Gasteiger partial charge in [0.25, 0.3) is 0 Å². The van der Waals surface area contributed by atoms with Crippen LogP contribution in [0.2, 0.25) is 5.02 Å². The highest BCUT2D eigenvalue weighted by atomic mass is 35.5. The largest absolute Gasteiger partial charge is 0.284 e. The summed E-state index contributed by atoms with van der Waals surface area (Å²) in [6, 6.07) is 14.3. The number of halogens is 2. The van der Waals surface area contributed by atoms with E-state index >= 15 is 0 Å². The van der Waals surface area contributed by atoms with Crippen LogP contribution in [-0.4, -0.2) is 10.3 Å². The number of benzene rings is 2. The lowest BCUT2D eigenvalue weighted by Crippen LogP contribution is -2.45. The molecule has 0 unspecified atom stereocenters. The predicted molar refractivity (Wildman–Crippen MR) is 124 cm³/mol. The van der Waals surface area contributed by atoms with Gasteiger partial charge in [-0.2, -0.15) is 5.10 Å². The van der Waals surface area contributed by atoms with Crippen molar-refractivity contribution in [2.24, 2.45) is 33.9 Å². The Kier molecular flexibility index (Phi) is 4.84. The first-order valence-corrected chi connectivity index (χ1v) is 12.2. The molecule has 158 valence electrons. The number of rotatable bonds is 3. The second-order valence-electron chi connectivity index (χ2n) is 9.15. The Morgan fingerprint density at radius 3 is 2.13 bits per heavy atom. The van der Waals surface area contributed by atoms with Gasteiger partial charge in [0, 0.05) is 21.8 Å². The Morgan fingerprint density at radius 2 is 1.48 bits per heavy atom. The minimum Gasteiger partial charge on any atom is -0.284 e. The summed E-state index contributed by atoms with van der Waals surface area (Å²) in [5.41, 5.74) is 4.22. The maximum atomic E-state index is 13.6. The fraction of sp³-hybridized carbons (Fsp3) is 0.360. The summed E-state index contributed by atoms with van der Waals surface area (Å²) in [5.74, 6) is 2.80. The Bertz CT molecular complexity index is 1180. The van der Waals surface area contributed by atoms with Crippen molar-refractivity contribution in [1.29, 1.82) is 0 Å². The molecule has 3 aromatic rings. The summed E-state index contributed by atoms with van der Waals surface area (Å²) in [5, 5.41) is 12.4. The van der Waals surface area contributed by atoms with Gasteiger partial charge in [-0.1, -0.05) is 23.7 Å². The fourth-order valence-electron chi connectivity index (χ4n) is 5.97. The van der Waals surface area contributed by atoms with Gasteiger partial charge in [0.05, 0.1) is 5.69 Å². The third-order valence-corrected chi connectivity index (χ3v) is 8.23. The number of thiazole rings is 1. The van der Waals surface area contributed by atoms with Crippen LogP contribution in [0.25, 0.3) is 16.9 Å². The van der Waals surface area contributed by atoms with Gasteiger partial charge in [0.15, 0.2) is 0 Å². The molecule has 1 heterocycles. The van der Waals surface area contributed by atoms with E-state index in [4.69, 9.17) is 21.8 Å². The normalized spacial score (nSPS) is 27.2. The van der Waals surface area contributed by atoms with Crippen LogP contribution in [0.5, 0.6) is 0 Å². The molecular weight excluding hydrogens is 429 g/mol. The molecule has 4 bridgehead atoms. The second-order valence-corrected chi connectivity index (χ2v) is 10.4. The van der Waals surface area contributed by atoms with Crippen LogP contribution in [0.4, 0.5) is 4.39 Å². The SMILES string of the molecule is Fc1ccc(-n2c(-c3ccc(Cl)cc3)cs/c2=N/N=C2C3CC4CC(C3)CC2C4)cc1. The molecule has 2 aromatic carbocycles. The van der Waals surface area contributed by atoms with E-state index in [1.165, 1.54) is 49.9 Å². The van der Waals surface area contributed by atoms with Crippen molar-refractivity contribution in [3.63, 3.8) is 0 Å². The molecule has 0 radical (unpaired) electrons. The van der Waals surface area contributed by atoms with Crippen LogP contribution < -0.4 is 4.80 Å². The van der Waals surface area contributed by atoms with Crippen molar-refractivity contribution >= 4 is 28.6 Å². The van der Waals surface area contributed by atoms with E-state index in [0.717, 1.165) is 33.6 Å². The minimum absolute atomic E-state index is 0.250. The average molecular weight is 452 g/mol. The molecule has 4 fully saturated rings. The number of hydrogen-bond donors (Lipinski definition) is 0. The van der Waals surface area contributed by atoms with Gasteiger partial charge < -0.3 is 0 Å². The molecule has 0 atom stereocenters. The monoisotopic (exact) mass is 451 g/mol. The van der Waals surface area contributed by atoms with Crippen molar-refractivity contribution < 1.29 is 4.39 Å². The lowest BCUT2D eigenvalue weighted by molar-refractivity contribution is 0.108. The number of aromatic nitrogens is 1. The van der Waals surface area contributed by atoms with Crippen LogP contribution in [0.1, 0.15) is 32.1 Å². The van der Waals surface area contributed by atoms with Gasteiger partial charge in [-0.15, -0.1) is 16.4 Å². The Labute approximate surface area is 189 Å². The van der Waals surface area contributed by atoms with Crippen LogP contribution >= 0.6 is 22.9 Å². The molecule has 0 aliphatic heterocycles. The van der Waals surface area contributed by atoms with Gasteiger partial charge in [-0.05, 0) is 97.7 Å². The predicted octanol–water partition coefficient (Wildman–Crippen LogP) is 6.71. The van der Waals surface area contributed by atoms with E-state index < -0.39 is 0 Å². The molecule has 4 aliphatic rings. The van der Waals surface area contributed by atoms with Crippen molar-refractivity contribution in [3.8, 4) is 16.9 Å². The van der Waals surface area contributed by atoms with E-state index in [9.17, 15) is 4.39 Å². The molecule has 31 heavy (non-hydrogen) atoms. The quantitative estimate of drug-likeness (QED) is 0.396. The highest BCUT2D eigenvalue weighted by molar-refractivity contribution is 7.07. The highest BCUT2D eigenvalue weighted by Gasteiger charge is 2.46. The van der Waals surface area contributed by atoms with Crippen molar-refractivity contribution in [1.82, 2.24) is 4.57 Å². The highest BCUT2D eigenvalue weighted by Crippen LogP contribution is 2.52. The van der Waals surface area contributed by atoms with Crippen molar-refractivity contribution in [2.45, 2.75) is 32.1 Å². The summed E-state index contributed by atoms with van der Waals surface area (Å²) in [6.45, 7) is 0. The topological polar surface area (TPSA) is 29.6 Å². The van der Waals surface area contributed by atoms with E-state index in [1.807, 2.05) is 24.3 Å². The third kappa shape index (κ3) is 3.58. The first kappa shape index (κ1) is 19.4. The molecule has 6 heteroatoms. The Hall–Kier alpha value is -2.24. The molecule has 1 aromatic heterocycles. The van der Waals surface area contributed by atoms with Crippen LogP contribution in [0.15, 0.2) is 64.1 Å². The van der Waals surface area contributed by atoms with E-state index in [0.29, 0.717) is 16.9 Å². The van der Waals surface area contributed by atoms with Crippen LogP contribution in [0.3, 0.4) is 0 Å². The summed E-state index contributed by atoms with van der Waals surface area (Å²) < 4.78 is 15.7. The molecule has 0 N–H and O–H groups in total. The molecule has 3 nitrogen and oxygen atoms in total. The Morgan fingerprint density at radius 1 is 0.839 bits per heavy atom. The molecule has 0 saturated heterocycles. The molecule has 0 amide bonds. The fourth-order valence-corrected chi connectivity index (χ4v) is 6.96. The third-order valence-electron chi connectivity index (χ3n) is 7.16. The maximum absolute atomic E-state index is 13.6. The minimum atomic E-state index is -0.250. The van der Waals surface area contributed by atoms with Gasteiger partial charge >= 0.3 is 0 Å². The zero-order valence-electron chi connectivity index (χ0n) is 17.0. The first-order chi connectivity index (χ1) is 15.1. The lowest BCUT2D eigenvalue weighted by Gasteiger charge is -2.50. The smallest absolute Gasteiger partial charge is 0.215 e. The maximum Gasteiger partial charge on any atom is 0.215 e. The molecular formula is C25H23ClFN3S. The first-order valence-electron chi connectivity index (χ1n) is 11.0. The molecule has 4 saturated carbocycles. The zero-order valence-corrected chi connectivity index (χ0v) is 18.6. The zero-order chi connectivity index (χ0) is 20.9. The van der Waals surface area contributed by atoms with Crippen molar-refractivity contribution in [3.05, 3.63) is 69.6 Å². The lowest BCUT2D eigenvalue weighted by atomic mass is 9.55. The van der Waals surface area contributed by atoms with Crippen LogP contribution in [0, 0.1) is 29.5 Å². The average Bonchev–Trinajstić information content (AvgIpc) is 3.18. The summed E-state index contributed by atoms with van der Waals surface area (Å²) in [6.07, 6.45) is 6.59. The number of nitrogens with zero attached hydrogens (tertiary/aromatic N) is 3. The molecule has 7 rings (SSSR count). The molecule has 4 aliphatic carbocycles. The van der Waals surface area contributed by atoms with Crippen molar-refractivity contribution in [2.75, 3.05) is 0 Å². The van der Waals surface area contributed by atoms with Gasteiger partial charge in [0.2, 0.25) is 4.80 Å².